The van der Waals surface area contributed by atoms with E-state index >= 15 is 0 Å². The van der Waals surface area contributed by atoms with Crippen molar-refractivity contribution in [1.29, 1.82) is 0 Å². The molecule has 1 heterocycles. The lowest BCUT2D eigenvalue weighted by Crippen LogP contribution is -2.35. The van der Waals surface area contributed by atoms with E-state index in [0.717, 1.165) is 82.3 Å². The van der Waals surface area contributed by atoms with Gasteiger partial charge in [-0.2, -0.15) is 0 Å². The van der Waals surface area contributed by atoms with Gasteiger partial charge in [0.25, 0.3) is 0 Å². The van der Waals surface area contributed by atoms with Crippen LogP contribution in [0.15, 0.2) is 85.1 Å². The maximum atomic E-state index is 13.8. The van der Waals surface area contributed by atoms with E-state index in [4.69, 9.17) is 0 Å². The predicted molar refractivity (Wildman–Crippen MR) is 168 cm³/mol. The molecule has 0 bridgehead atoms. The highest BCUT2D eigenvalue weighted by atomic mass is 19.1. The number of nitrogens with one attached hydrogen (secondary N) is 2. The normalized spacial score (nSPS) is 17.1. The summed E-state index contributed by atoms with van der Waals surface area (Å²) >= 11 is 0. The zero-order valence-corrected chi connectivity index (χ0v) is 24.6. The Morgan fingerprint density at radius 1 is 0.825 bits per heavy atom. The van der Waals surface area contributed by atoms with E-state index < -0.39 is 0 Å². The van der Waals surface area contributed by atoms with Crippen LogP contribution in [0.25, 0.3) is 0 Å². The highest BCUT2D eigenvalue weighted by molar-refractivity contribution is 5.29. The first-order chi connectivity index (χ1) is 19.6. The Balaban J connectivity index is 1.22. The maximum absolute atomic E-state index is 13.8. The van der Waals surface area contributed by atoms with Crippen LogP contribution in [0.4, 0.5) is 4.39 Å². The van der Waals surface area contributed by atoms with Gasteiger partial charge in [-0.05, 0) is 123 Å². The SMILES string of the molecule is C=C(CC)NCCc1ccccc1CCCC1CNCCC1c1ccc(CCCCCc2ccccc2F)cc1. The van der Waals surface area contributed by atoms with Crippen LogP contribution >= 0.6 is 0 Å². The van der Waals surface area contributed by atoms with E-state index in [1.54, 1.807) is 12.1 Å². The summed E-state index contributed by atoms with van der Waals surface area (Å²) in [6.07, 6.45) is 12.2. The number of allylic oxidation sites excluding steroid dienone is 1. The minimum Gasteiger partial charge on any atom is -0.388 e. The van der Waals surface area contributed by atoms with Crippen molar-refractivity contribution in [2.24, 2.45) is 5.92 Å². The third kappa shape index (κ3) is 9.34. The van der Waals surface area contributed by atoms with Crippen molar-refractivity contribution >= 4 is 0 Å². The molecule has 0 aromatic heterocycles. The van der Waals surface area contributed by atoms with E-state index in [2.05, 4.69) is 72.7 Å². The number of benzene rings is 3. The lowest BCUT2D eigenvalue weighted by molar-refractivity contribution is 0.303. The fraction of sp³-hybridized carbons (Fsp3) is 0.459. The van der Waals surface area contributed by atoms with Crippen LogP contribution in [-0.4, -0.2) is 19.6 Å². The van der Waals surface area contributed by atoms with Crippen molar-refractivity contribution in [3.05, 3.63) is 119 Å². The first-order valence-corrected chi connectivity index (χ1v) is 15.7. The molecule has 1 saturated heterocycles. The first kappa shape index (κ1) is 30.1. The van der Waals surface area contributed by atoms with Crippen molar-refractivity contribution in [2.45, 2.75) is 83.5 Å². The molecule has 2 N–H and O–H groups in total. The van der Waals surface area contributed by atoms with Crippen molar-refractivity contribution < 1.29 is 4.39 Å². The average molecular weight is 541 g/mol. The quantitative estimate of drug-likeness (QED) is 0.178. The summed E-state index contributed by atoms with van der Waals surface area (Å²) in [7, 11) is 0. The molecule has 1 aliphatic heterocycles. The van der Waals surface area contributed by atoms with Gasteiger partial charge in [0.2, 0.25) is 0 Å². The Morgan fingerprint density at radius 2 is 1.50 bits per heavy atom. The predicted octanol–water partition coefficient (Wildman–Crippen LogP) is 8.55. The molecule has 3 aromatic rings. The van der Waals surface area contributed by atoms with Crippen molar-refractivity contribution in [3.63, 3.8) is 0 Å². The molecule has 214 valence electrons. The molecule has 2 nitrogen and oxygen atoms in total. The maximum Gasteiger partial charge on any atom is 0.126 e. The average Bonchev–Trinajstić information content (AvgIpc) is 2.99. The van der Waals surface area contributed by atoms with Gasteiger partial charge in [0.1, 0.15) is 5.82 Å². The van der Waals surface area contributed by atoms with Gasteiger partial charge >= 0.3 is 0 Å². The molecule has 0 saturated carbocycles. The van der Waals surface area contributed by atoms with Gasteiger partial charge < -0.3 is 10.6 Å². The van der Waals surface area contributed by atoms with E-state index in [-0.39, 0.29) is 5.82 Å². The summed E-state index contributed by atoms with van der Waals surface area (Å²) in [5.74, 6) is 1.27. The van der Waals surface area contributed by atoms with E-state index in [9.17, 15) is 4.39 Å². The summed E-state index contributed by atoms with van der Waals surface area (Å²) in [4.78, 5) is 0. The molecule has 3 aromatic carbocycles. The lowest BCUT2D eigenvalue weighted by Gasteiger charge is -2.33. The minimum atomic E-state index is -0.0682. The van der Waals surface area contributed by atoms with Crippen molar-refractivity contribution in [2.75, 3.05) is 19.6 Å². The molecule has 40 heavy (non-hydrogen) atoms. The number of hydrogen-bond donors (Lipinski definition) is 2. The second-order valence-corrected chi connectivity index (χ2v) is 11.5. The Hall–Kier alpha value is -2.91. The first-order valence-electron chi connectivity index (χ1n) is 15.7. The highest BCUT2D eigenvalue weighted by Crippen LogP contribution is 2.34. The number of rotatable bonds is 16. The summed E-state index contributed by atoms with van der Waals surface area (Å²) in [5, 5.41) is 7.12. The van der Waals surface area contributed by atoms with Crippen LogP contribution in [0.3, 0.4) is 0 Å². The molecule has 0 aliphatic carbocycles. The molecular formula is C37H49FN2. The summed E-state index contributed by atoms with van der Waals surface area (Å²) in [5.41, 5.74) is 7.88. The zero-order valence-electron chi connectivity index (χ0n) is 24.6. The van der Waals surface area contributed by atoms with Gasteiger partial charge in [-0.3, -0.25) is 0 Å². The number of unbranched alkanes of at least 4 members (excludes halogenated alkanes) is 2. The van der Waals surface area contributed by atoms with Gasteiger partial charge in [0, 0.05) is 12.2 Å². The topological polar surface area (TPSA) is 24.1 Å². The van der Waals surface area contributed by atoms with Crippen LogP contribution in [0, 0.1) is 11.7 Å². The number of hydrogen-bond acceptors (Lipinski definition) is 2. The summed E-state index contributed by atoms with van der Waals surface area (Å²) < 4.78 is 13.8. The van der Waals surface area contributed by atoms with Crippen LogP contribution < -0.4 is 10.6 Å². The molecular weight excluding hydrogens is 491 g/mol. The van der Waals surface area contributed by atoms with Gasteiger partial charge in [0.15, 0.2) is 0 Å². The van der Waals surface area contributed by atoms with Gasteiger partial charge in [-0.1, -0.05) is 86.7 Å². The van der Waals surface area contributed by atoms with Crippen molar-refractivity contribution in [3.8, 4) is 0 Å². The Labute approximate surface area is 242 Å². The fourth-order valence-electron chi connectivity index (χ4n) is 6.22. The smallest absolute Gasteiger partial charge is 0.126 e. The number of aryl methyl sites for hydroxylation is 3. The second-order valence-electron chi connectivity index (χ2n) is 11.5. The van der Waals surface area contributed by atoms with Crippen LogP contribution in [0.2, 0.25) is 0 Å². The molecule has 4 rings (SSSR count). The lowest BCUT2D eigenvalue weighted by atomic mass is 9.78. The molecule has 2 unspecified atom stereocenters. The van der Waals surface area contributed by atoms with Crippen molar-refractivity contribution in [1.82, 2.24) is 10.6 Å². The standard InChI is InChI=1S/C37H49FN2/c1-3-29(2)40-27-24-32-14-8-7-13-31(32)17-11-18-35-28-39-26-25-36(35)33-22-20-30(21-23-33)12-5-4-6-15-34-16-9-10-19-37(34)38/h7-10,13-14,16,19-23,35-36,39-40H,2-6,11-12,15,17-18,24-28H2,1H3. The monoisotopic (exact) mass is 540 g/mol. The van der Waals surface area contributed by atoms with E-state index in [1.807, 2.05) is 12.1 Å². The van der Waals surface area contributed by atoms with Crippen LogP contribution in [0.5, 0.6) is 0 Å². The largest absolute Gasteiger partial charge is 0.388 e. The van der Waals surface area contributed by atoms with Gasteiger partial charge in [-0.15, -0.1) is 0 Å². The van der Waals surface area contributed by atoms with Crippen LogP contribution in [-0.2, 0) is 25.7 Å². The molecule has 2 atom stereocenters. The van der Waals surface area contributed by atoms with Gasteiger partial charge in [-0.25, -0.2) is 4.39 Å². The molecule has 0 radical (unpaired) electrons. The Kier molecular flexibility index (Phi) is 12.3. The van der Waals surface area contributed by atoms with Gasteiger partial charge in [0.05, 0.1) is 0 Å². The third-order valence-electron chi connectivity index (χ3n) is 8.72. The Bertz CT molecular complexity index is 1170. The molecule has 3 heteroatoms. The summed E-state index contributed by atoms with van der Waals surface area (Å²) in [6, 6.07) is 25.6. The molecule has 0 amide bonds. The number of piperidine rings is 1. The van der Waals surface area contributed by atoms with Crippen LogP contribution in [0.1, 0.15) is 85.6 Å². The molecule has 1 aliphatic rings. The molecule has 0 spiro atoms. The number of halogens is 1. The zero-order chi connectivity index (χ0) is 28.0. The Morgan fingerprint density at radius 3 is 2.25 bits per heavy atom. The third-order valence-corrected chi connectivity index (χ3v) is 8.72. The fourth-order valence-corrected chi connectivity index (χ4v) is 6.22. The van der Waals surface area contributed by atoms with E-state index in [0.29, 0.717) is 11.8 Å². The van der Waals surface area contributed by atoms with E-state index in [1.165, 1.54) is 41.5 Å². The summed E-state index contributed by atoms with van der Waals surface area (Å²) in [6.45, 7) is 9.41. The highest BCUT2D eigenvalue weighted by Gasteiger charge is 2.26. The second kappa shape index (κ2) is 16.4. The minimum absolute atomic E-state index is 0.0682. The molecule has 1 fully saturated rings.